The van der Waals surface area contributed by atoms with Gasteiger partial charge in [0, 0.05) is 0 Å². The van der Waals surface area contributed by atoms with Crippen LogP contribution in [0.15, 0.2) is 42.2 Å². The van der Waals surface area contributed by atoms with Crippen LogP contribution in [0.25, 0.3) is 0 Å². The molecule has 1 aromatic rings. The van der Waals surface area contributed by atoms with Gasteiger partial charge in [-0.3, -0.25) is 0 Å². The van der Waals surface area contributed by atoms with Gasteiger partial charge in [-0.2, -0.15) is 0 Å². The van der Waals surface area contributed by atoms with Gasteiger partial charge in [-0.05, 0) is 18.6 Å². The van der Waals surface area contributed by atoms with Crippen molar-refractivity contribution in [1.29, 1.82) is 0 Å². The van der Waals surface area contributed by atoms with Gasteiger partial charge in [0.25, 0.3) is 0 Å². The van der Waals surface area contributed by atoms with Crippen LogP contribution in [0.1, 0.15) is 18.6 Å². The molecule has 1 saturated heterocycles. The van der Waals surface area contributed by atoms with Crippen molar-refractivity contribution in [3.05, 3.63) is 47.7 Å². The lowest BCUT2D eigenvalue weighted by molar-refractivity contribution is 0.0493. The smallest absolute Gasteiger partial charge is 0.190 e. The number of benzene rings is 1. The van der Waals surface area contributed by atoms with Crippen molar-refractivity contribution in [2.24, 2.45) is 0 Å². The van der Waals surface area contributed by atoms with Crippen LogP contribution in [0.2, 0.25) is 0 Å². The van der Waals surface area contributed by atoms with Gasteiger partial charge in [-0.25, -0.2) is 0 Å². The molecule has 2 rings (SSSR count). The van der Waals surface area contributed by atoms with Crippen LogP contribution in [-0.4, -0.2) is 6.79 Å². The van der Waals surface area contributed by atoms with Crippen molar-refractivity contribution in [1.82, 2.24) is 0 Å². The lowest BCUT2D eigenvalue weighted by Crippen LogP contribution is -1.97. The average Bonchev–Trinajstić information content (AvgIpc) is 2.67. The highest BCUT2D eigenvalue weighted by Crippen LogP contribution is 2.31. The SMILES string of the molecule is CC=C1OCOC1c1ccccc1. The first-order chi connectivity index (χ1) is 6.42. The van der Waals surface area contributed by atoms with Crippen molar-refractivity contribution < 1.29 is 9.47 Å². The Morgan fingerprint density at radius 3 is 2.77 bits per heavy atom. The first-order valence-electron chi connectivity index (χ1n) is 4.37. The fraction of sp³-hybridized carbons (Fsp3) is 0.273. The molecule has 1 unspecified atom stereocenters. The predicted octanol–water partition coefficient (Wildman–Crippen LogP) is 2.64. The highest BCUT2D eigenvalue weighted by Gasteiger charge is 2.23. The van der Waals surface area contributed by atoms with E-state index >= 15 is 0 Å². The maximum absolute atomic E-state index is 5.45. The molecule has 0 amide bonds. The van der Waals surface area contributed by atoms with E-state index in [0.717, 1.165) is 11.3 Å². The molecule has 1 heterocycles. The maximum Gasteiger partial charge on any atom is 0.190 e. The largest absolute Gasteiger partial charge is 0.469 e. The molecule has 1 fully saturated rings. The molecule has 0 N–H and O–H groups in total. The third-order valence-electron chi connectivity index (χ3n) is 2.11. The minimum atomic E-state index is -0.00815. The van der Waals surface area contributed by atoms with Crippen molar-refractivity contribution in [3.63, 3.8) is 0 Å². The van der Waals surface area contributed by atoms with Crippen molar-refractivity contribution in [2.45, 2.75) is 13.0 Å². The molecule has 1 aromatic carbocycles. The molecule has 1 aliphatic rings. The zero-order valence-electron chi connectivity index (χ0n) is 7.57. The summed E-state index contributed by atoms with van der Waals surface area (Å²) in [6, 6.07) is 10.1. The Morgan fingerprint density at radius 2 is 2.08 bits per heavy atom. The second-order valence-electron chi connectivity index (χ2n) is 2.91. The average molecular weight is 176 g/mol. The molecule has 68 valence electrons. The Kier molecular flexibility index (Phi) is 2.32. The normalized spacial score (nSPS) is 24.7. The van der Waals surface area contributed by atoms with E-state index in [4.69, 9.17) is 9.47 Å². The zero-order chi connectivity index (χ0) is 9.10. The topological polar surface area (TPSA) is 18.5 Å². The number of allylic oxidation sites excluding steroid dienone is 1. The Morgan fingerprint density at radius 1 is 1.31 bits per heavy atom. The molecule has 2 heteroatoms. The van der Waals surface area contributed by atoms with E-state index < -0.39 is 0 Å². The van der Waals surface area contributed by atoms with E-state index in [2.05, 4.69) is 0 Å². The molecule has 0 saturated carbocycles. The van der Waals surface area contributed by atoms with E-state index in [9.17, 15) is 0 Å². The van der Waals surface area contributed by atoms with Gasteiger partial charge in [0.1, 0.15) is 11.9 Å². The van der Waals surface area contributed by atoms with E-state index in [-0.39, 0.29) is 6.10 Å². The Bertz CT molecular complexity index is 303. The fourth-order valence-electron chi connectivity index (χ4n) is 1.45. The van der Waals surface area contributed by atoms with Crippen LogP contribution in [0, 0.1) is 0 Å². The highest BCUT2D eigenvalue weighted by molar-refractivity contribution is 5.24. The Hall–Kier alpha value is -1.28. The van der Waals surface area contributed by atoms with Gasteiger partial charge in [0.15, 0.2) is 6.79 Å². The molecule has 13 heavy (non-hydrogen) atoms. The summed E-state index contributed by atoms with van der Waals surface area (Å²) >= 11 is 0. The van der Waals surface area contributed by atoms with Crippen molar-refractivity contribution >= 4 is 0 Å². The van der Waals surface area contributed by atoms with Gasteiger partial charge >= 0.3 is 0 Å². The lowest BCUT2D eigenvalue weighted by Gasteiger charge is -2.07. The van der Waals surface area contributed by atoms with Crippen LogP contribution >= 0.6 is 0 Å². The van der Waals surface area contributed by atoms with Crippen molar-refractivity contribution in [2.75, 3.05) is 6.79 Å². The number of ether oxygens (including phenoxy) is 2. The summed E-state index contributed by atoms with van der Waals surface area (Å²) < 4.78 is 10.8. The molecular formula is C11H12O2. The van der Waals surface area contributed by atoms with Crippen molar-refractivity contribution in [3.8, 4) is 0 Å². The minimum Gasteiger partial charge on any atom is -0.469 e. The summed E-state index contributed by atoms with van der Waals surface area (Å²) in [5.74, 6) is 0.909. The van der Waals surface area contributed by atoms with Crippen LogP contribution in [-0.2, 0) is 9.47 Å². The summed E-state index contributed by atoms with van der Waals surface area (Å²) in [5, 5.41) is 0. The van der Waals surface area contributed by atoms with E-state index in [1.165, 1.54) is 0 Å². The molecule has 2 nitrogen and oxygen atoms in total. The number of rotatable bonds is 1. The third kappa shape index (κ3) is 1.58. The second kappa shape index (κ2) is 3.62. The third-order valence-corrected chi connectivity index (χ3v) is 2.11. The molecule has 0 aliphatic carbocycles. The first kappa shape index (κ1) is 8.32. The summed E-state index contributed by atoms with van der Waals surface area (Å²) in [7, 11) is 0. The molecule has 1 aliphatic heterocycles. The molecule has 0 spiro atoms. The monoisotopic (exact) mass is 176 g/mol. The molecule has 0 aromatic heterocycles. The van der Waals surface area contributed by atoms with Crippen LogP contribution in [0.3, 0.4) is 0 Å². The van der Waals surface area contributed by atoms with Gasteiger partial charge in [0.2, 0.25) is 0 Å². The van der Waals surface area contributed by atoms with E-state index in [1.807, 2.05) is 43.3 Å². The summed E-state index contributed by atoms with van der Waals surface area (Å²) in [5.41, 5.74) is 1.15. The van der Waals surface area contributed by atoms with Gasteiger partial charge in [-0.1, -0.05) is 30.3 Å². The van der Waals surface area contributed by atoms with Crippen LogP contribution in [0.4, 0.5) is 0 Å². The summed E-state index contributed by atoms with van der Waals surface area (Å²) in [6.45, 7) is 2.32. The number of hydrogen-bond acceptors (Lipinski definition) is 2. The molecule has 0 bridgehead atoms. The van der Waals surface area contributed by atoms with E-state index in [1.54, 1.807) is 0 Å². The fourth-order valence-corrected chi connectivity index (χ4v) is 1.45. The molecule has 1 atom stereocenters. The van der Waals surface area contributed by atoms with Gasteiger partial charge in [0.05, 0.1) is 0 Å². The van der Waals surface area contributed by atoms with Gasteiger partial charge in [-0.15, -0.1) is 0 Å². The predicted molar refractivity (Wildman–Crippen MR) is 50.0 cm³/mol. The summed E-state index contributed by atoms with van der Waals surface area (Å²) in [4.78, 5) is 0. The Labute approximate surface area is 77.8 Å². The standard InChI is InChI=1S/C11H12O2/c1-2-10-11(13-8-12-10)9-6-4-3-5-7-9/h2-7,11H,8H2,1H3. The molecular weight excluding hydrogens is 164 g/mol. The van der Waals surface area contributed by atoms with Crippen LogP contribution in [0.5, 0.6) is 0 Å². The quantitative estimate of drug-likeness (QED) is 0.654. The molecule has 0 radical (unpaired) electrons. The van der Waals surface area contributed by atoms with Crippen LogP contribution < -0.4 is 0 Å². The Balaban J connectivity index is 2.27. The maximum atomic E-state index is 5.45. The minimum absolute atomic E-state index is 0.00815. The number of hydrogen-bond donors (Lipinski definition) is 0. The lowest BCUT2D eigenvalue weighted by atomic mass is 10.1. The first-order valence-corrected chi connectivity index (χ1v) is 4.37. The summed E-state index contributed by atoms with van der Waals surface area (Å²) in [6.07, 6.45) is 1.94. The highest BCUT2D eigenvalue weighted by atomic mass is 16.7. The second-order valence-corrected chi connectivity index (χ2v) is 2.91. The zero-order valence-corrected chi connectivity index (χ0v) is 7.57. The van der Waals surface area contributed by atoms with Gasteiger partial charge < -0.3 is 9.47 Å². The van der Waals surface area contributed by atoms with E-state index in [0.29, 0.717) is 6.79 Å².